The number of morpholine rings is 1. The lowest BCUT2D eigenvalue weighted by atomic mass is 10.1. The van der Waals surface area contributed by atoms with Crippen LogP contribution in [0.4, 0.5) is 0 Å². The average Bonchev–Trinajstić information content (AvgIpc) is 2.80. The van der Waals surface area contributed by atoms with Crippen LogP contribution < -0.4 is 15.5 Å². The van der Waals surface area contributed by atoms with E-state index in [1.165, 1.54) is 0 Å². The summed E-state index contributed by atoms with van der Waals surface area (Å²) in [5, 5.41) is 8.13. The van der Waals surface area contributed by atoms with Gasteiger partial charge in [0.25, 0.3) is 0 Å². The van der Waals surface area contributed by atoms with Gasteiger partial charge in [0.05, 0.1) is 18.9 Å². The fourth-order valence-corrected chi connectivity index (χ4v) is 3.25. The van der Waals surface area contributed by atoms with Gasteiger partial charge in [-0.2, -0.15) is 5.10 Å². The molecule has 0 atom stereocenters. The second-order valence-electron chi connectivity index (χ2n) is 7.17. The molecule has 0 unspecified atom stereocenters. The number of thiocarbonyl (C=S) groups is 1. The van der Waals surface area contributed by atoms with Crippen LogP contribution in [0.1, 0.15) is 24.5 Å². The normalized spacial score (nSPS) is 14.9. The predicted octanol–water partition coefficient (Wildman–Crippen LogP) is 3.18. The molecule has 0 aliphatic carbocycles. The Morgan fingerprint density at radius 1 is 1.10 bits per heavy atom. The van der Waals surface area contributed by atoms with Crippen LogP contribution in [-0.2, 0) is 11.3 Å². The third-order valence-corrected chi connectivity index (χ3v) is 5.12. The van der Waals surface area contributed by atoms with Gasteiger partial charge in [-0.15, -0.1) is 0 Å². The predicted molar refractivity (Wildman–Crippen MR) is 125 cm³/mol. The van der Waals surface area contributed by atoms with Gasteiger partial charge in [0, 0.05) is 19.6 Å². The highest BCUT2D eigenvalue weighted by Crippen LogP contribution is 2.14. The molecule has 0 radical (unpaired) electrons. The maximum absolute atomic E-state index is 5.83. The minimum atomic E-state index is 0.541. The Labute approximate surface area is 184 Å². The summed E-state index contributed by atoms with van der Waals surface area (Å²) in [5.41, 5.74) is 5.95. The van der Waals surface area contributed by atoms with E-state index in [9.17, 15) is 0 Å². The molecule has 30 heavy (non-hydrogen) atoms. The van der Waals surface area contributed by atoms with Crippen molar-refractivity contribution >= 4 is 23.0 Å². The largest absolute Gasteiger partial charge is 0.489 e. The molecule has 1 heterocycles. The molecule has 6 nitrogen and oxygen atoms in total. The number of hydrogen-bond acceptors (Lipinski definition) is 5. The highest BCUT2D eigenvalue weighted by Gasteiger charge is 2.09. The van der Waals surface area contributed by atoms with E-state index in [2.05, 4.69) is 32.9 Å². The summed E-state index contributed by atoms with van der Waals surface area (Å²) in [5.74, 6) is 0.834. The van der Waals surface area contributed by atoms with E-state index in [4.69, 9.17) is 21.7 Å². The smallest absolute Gasteiger partial charge is 0.186 e. The Morgan fingerprint density at radius 2 is 1.83 bits per heavy atom. The van der Waals surface area contributed by atoms with Gasteiger partial charge in [0.2, 0.25) is 0 Å². The van der Waals surface area contributed by atoms with Crippen LogP contribution in [0, 0.1) is 0 Å². The lowest BCUT2D eigenvalue weighted by molar-refractivity contribution is 0.0376. The summed E-state index contributed by atoms with van der Waals surface area (Å²) in [6, 6.07) is 18.0. The van der Waals surface area contributed by atoms with E-state index in [-0.39, 0.29) is 0 Å². The molecule has 0 spiro atoms. The van der Waals surface area contributed by atoms with E-state index >= 15 is 0 Å². The second kappa shape index (κ2) is 12.3. The highest BCUT2D eigenvalue weighted by atomic mass is 32.1. The minimum absolute atomic E-state index is 0.541. The molecule has 7 heteroatoms. The molecule has 1 aliphatic rings. The number of nitrogens with zero attached hydrogens (tertiary/aromatic N) is 2. The molecule has 0 aromatic heterocycles. The van der Waals surface area contributed by atoms with E-state index in [1.54, 1.807) is 0 Å². The summed E-state index contributed by atoms with van der Waals surface area (Å²) >= 11 is 5.31. The third-order valence-electron chi connectivity index (χ3n) is 4.89. The van der Waals surface area contributed by atoms with Crippen molar-refractivity contribution in [3.8, 4) is 5.75 Å². The molecule has 3 rings (SSSR count). The molecule has 1 aliphatic heterocycles. The number of ether oxygens (including phenoxy) is 2. The van der Waals surface area contributed by atoms with Crippen LogP contribution in [-0.4, -0.2) is 55.1 Å². The Hall–Kier alpha value is -2.48. The number of nitrogens with one attached hydrogen (secondary N) is 2. The van der Waals surface area contributed by atoms with Crippen molar-refractivity contribution in [1.29, 1.82) is 0 Å². The lowest BCUT2D eigenvalue weighted by Crippen LogP contribution is -2.39. The number of hydrazone groups is 1. The van der Waals surface area contributed by atoms with E-state index in [1.807, 2.05) is 49.4 Å². The maximum atomic E-state index is 5.83. The summed E-state index contributed by atoms with van der Waals surface area (Å²) < 4.78 is 11.2. The van der Waals surface area contributed by atoms with Gasteiger partial charge in [0.15, 0.2) is 5.11 Å². The van der Waals surface area contributed by atoms with Crippen molar-refractivity contribution in [3.63, 3.8) is 0 Å². The molecule has 1 saturated heterocycles. The zero-order valence-corrected chi connectivity index (χ0v) is 18.3. The fourth-order valence-electron chi connectivity index (χ4n) is 3.10. The van der Waals surface area contributed by atoms with Crippen molar-refractivity contribution < 1.29 is 9.47 Å². The zero-order valence-electron chi connectivity index (χ0n) is 17.5. The molecule has 2 aromatic carbocycles. The Bertz CT molecular complexity index is 806. The minimum Gasteiger partial charge on any atom is -0.489 e. The molecular formula is C23H30N4O2S. The summed E-state index contributed by atoms with van der Waals surface area (Å²) in [6.07, 6.45) is 1.04. The van der Waals surface area contributed by atoms with Crippen LogP contribution in [0.2, 0.25) is 0 Å². The molecule has 160 valence electrons. The van der Waals surface area contributed by atoms with Crippen LogP contribution in [0.5, 0.6) is 5.75 Å². The molecule has 0 saturated carbocycles. The Kier molecular flexibility index (Phi) is 9.08. The fraction of sp³-hybridized carbons (Fsp3) is 0.391. The van der Waals surface area contributed by atoms with Gasteiger partial charge in [-0.05, 0) is 67.5 Å². The van der Waals surface area contributed by atoms with Gasteiger partial charge in [-0.1, -0.05) is 30.3 Å². The van der Waals surface area contributed by atoms with Crippen LogP contribution in [0.25, 0.3) is 0 Å². The van der Waals surface area contributed by atoms with Gasteiger partial charge in [0.1, 0.15) is 12.4 Å². The Morgan fingerprint density at radius 3 is 2.57 bits per heavy atom. The first-order chi connectivity index (χ1) is 14.7. The molecule has 2 N–H and O–H groups in total. The SMILES string of the molecule is C/C(=N/NC(=S)NCCCN1CCOCC1)c1ccc(OCc2ccccc2)cc1. The van der Waals surface area contributed by atoms with Crippen molar-refractivity contribution in [1.82, 2.24) is 15.6 Å². The highest BCUT2D eigenvalue weighted by molar-refractivity contribution is 7.80. The summed E-state index contributed by atoms with van der Waals surface area (Å²) in [4.78, 5) is 2.41. The van der Waals surface area contributed by atoms with Crippen LogP contribution in [0.15, 0.2) is 59.7 Å². The van der Waals surface area contributed by atoms with Crippen LogP contribution >= 0.6 is 12.2 Å². The first-order valence-electron chi connectivity index (χ1n) is 10.4. The van der Waals surface area contributed by atoms with Crippen LogP contribution in [0.3, 0.4) is 0 Å². The van der Waals surface area contributed by atoms with Gasteiger partial charge in [-0.3, -0.25) is 10.3 Å². The number of rotatable bonds is 9. The Balaban J connectivity index is 1.36. The quantitative estimate of drug-likeness (QED) is 0.278. The molecule has 1 fully saturated rings. The molecular weight excluding hydrogens is 396 g/mol. The lowest BCUT2D eigenvalue weighted by Gasteiger charge is -2.26. The zero-order chi connectivity index (χ0) is 21.0. The average molecular weight is 427 g/mol. The summed E-state index contributed by atoms with van der Waals surface area (Å²) in [7, 11) is 0. The molecule has 2 aromatic rings. The van der Waals surface area contributed by atoms with Crippen molar-refractivity contribution in [2.24, 2.45) is 5.10 Å². The second-order valence-corrected chi connectivity index (χ2v) is 7.58. The third kappa shape index (κ3) is 7.74. The van der Waals surface area contributed by atoms with E-state index < -0.39 is 0 Å². The first-order valence-corrected chi connectivity index (χ1v) is 10.8. The number of benzene rings is 2. The van der Waals surface area contributed by atoms with E-state index in [0.717, 1.165) is 68.4 Å². The van der Waals surface area contributed by atoms with Crippen molar-refractivity contribution in [2.75, 3.05) is 39.4 Å². The van der Waals surface area contributed by atoms with E-state index in [0.29, 0.717) is 11.7 Å². The first kappa shape index (κ1) is 22.2. The monoisotopic (exact) mass is 426 g/mol. The molecule has 0 amide bonds. The van der Waals surface area contributed by atoms with Gasteiger partial charge < -0.3 is 14.8 Å². The topological polar surface area (TPSA) is 58.1 Å². The van der Waals surface area contributed by atoms with Gasteiger partial charge in [-0.25, -0.2) is 0 Å². The maximum Gasteiger partial charge on any atom is 0.186 e. The van der Waals surface area contributed by atoms with Crippen molar-refractivity contribution in [3.05, 3.63) is 65.7 Å². The van der Waals surface area contributed by atoms with Gasteiger partial charge >= 0.3 is 0 Å². The summed E-state index contributed by atoms with van der Waals surface area (Å²) in [6.45, 7) is 8.09. The van der Waals surface area contributed by atoms with Crippen molar-refractivity contribution in [2.45, 2.75) is 20.0 Å². The standard InChI is InChI=1S/C23H30N4O2S/c1-19(25-26-23(30)24-12-5-13-27-14-16-28-17-15-27)21-8-10-22(11-9-21)29-18-20-6-3-2-4-7-20/h2-4,6-11H,5,12-18H2,1H3,(H2,24,26,30)/b25-19-. The molecule has 0 bridgehead atoms. The number of hydrogen-bond donors (Lipinski definition) is 2.